The minimum Gasteiger partial charge on any atom is -0.324 e. The maximum atomic E-state index is 11.6. The number of nitrogens with one attached hydrogen (secondary N) is 1. The zero-order chi connectivity index (χ0) is 10.5. The Morgan fingerprint density at radius 3 is 2.71 bits per heavy atom. The van der Waals surface area contributed by atoms with Gasteiger partial charge in [0, 0.05) is 10.0 Å². The monoisotopic (exact) mass is 254 g/mol. The van der Waals surface area contributed by atoms with Crippen molar-refractivity contribution in [2.75, 3.05) is 5.32 Å². The van der Waals surface area contributed by atoms with Gasteiger partial charge in [0.25, 0.3) is 0 Å². The predicted molar refractivity (Wildman–Crippen MR) is 59.0 cm³/mol. The van der Waals surface area contributed by atoms with Crippen LogP contribution in [0, 0.1) is 6.92 Å². The lowest BCUT2D eigenvalue weighted by Gasteiger charge is -2.16. The molecule has 0 radical (unpaired) electrons. The van der Waals surface area contributed by atoms with Crippen molar-refractivity contribution in [1.29, 1.82) is 0 Å². The number of rotatable bonds is 0. The molecule has 1 heterocycles. The van der Waals surface area contributed by atoms with E-state index >= 15 is 0 Å². The second-order valence-corrected chi connectivity index (χ2v) is 4.63. The molecule has 0 fully saturated rings. The molecule has 1 amide bonds. The summed E-state index contributed by atoms with van der Waals surface area (Å²) in [5.41, 5.74) is 7.75. The summed E-state index contributed by atoms with van der Waals surface area (Å²) in [5.74, 6) is -0.150. The third-order valence-electron chi connectivity index (χ3n) is 2.59. The molecular weight excluding hydrogens is 244 g/mol. The fraction of sp³-hybridized carbons (Fsp3) is 0.300. The fourth-order valence-corrected chi connectivity index (χ4v) is 2.45. The minimum atomic E-state index is -0.930. The first kappa shape index (κ1) is 9.68. The van der Waals surface area contributed by atoms with Gasteiger partial charge in [-0.1, -0.05) is 22.0 Å². The molecule has 74 valence electrons. The van der Waals surface area contributed by atoms with Crippen molar-refractivity contribution >= 4 is 27.5 Å². The molecule has 0 spiro atoms. The van der Waals surface area contributed by atoms with Crippen molar-refractivity contribution in [3.05, 3.63) is 27.7 Å². The number of aryl methyl sites for hydroxylation is 1. The SMILES string of the molecule is Cc1ccc(Br)c2c1NC(=O)C2(C)N. The van der Waals surface area contributed by atoms with Crippen LogP contribution in [0.1, 0.15) is 18.1 Å². The number of nitrogens with two attached hydrogens (primary N) is 1. The first-order chi connectivity index (χ1) is 6.44. The summed E-state index contributed by atoms with van der Waals surface area (Å²) in [6.07, 6.45) is 0. The maximum absolute atomic E-state index is 11.6. The molecule has 1 aromatic carbocycles. The predicted octanol–water partition coefficient (Wildman–Crippen LogP) is 1.88. The molecule has 14 heavy (non-hydrogen) atoms. The quantitative estimate of drug-likeness (QED) is 0.743. The number of fused-ring (bicyclic) bond motifs is 1. The van der Waals surface area contributed by atoms with Crippen LogP contribution in [0.3, 0.4) is 0 Å². The highest BCUT2D eigenvalue weighted by Crippen LogP contribution is 2.40. The topological polar surface area (TPSA) is 55.1 Å². The Morgan fingerprint density at radius 2 is 2.14 bits per heavy atom. The molecule has 0 saturated carbocycles. The molecule has 1 aliphatic heterocycles. The van der Waals surface area contributed by atoms with E-state index in [-0.39, 0.29) is 5.91 Å². The largest absolute Gasteiger partial charge is 0.324 e. The molecule has 1 aromatic rings. The lowest BCUT2D eigenvalue weighted by atomic mass is 9.94. The summed E-state index contributed by atoms with van der Waals surface area (Å²) < 4.78 is 0.876. The van der Waals surface area contributed by atoms with E-state index in [0.29, 0.717) is 0 Å². The Morgan fingerprint density at radius 1 is 1.50 bits per heavy atom. The van der Waals surface area contributed by atoms with E-state index in [4.69, 9.17) is 5.73 Å². The van der Waals surface area contributed by atoms with Gasteiger partial charge in [0.1, 0.15) is 5.54 Å². The molecule has 1 aliphatic rings. The van der Waals surface area contributed by atoms with E-state index in [9.17, 15) is 4.79 Å². The molecule has 4 heteroatoms. The average Bonchev–Trinajstić information content (AvgIpc) is 2.33. The Kier molecular flexibility index (Phi) is 1.94. The van der Waals surface area contributed by atoms with E-state index < -0.39 is 5.54 Å². The van der Waals surface area contributed by atoms with E-state index in [1.54, 1.807) is 6.92 Å². The molecule has 3 N–H and O–H groups in total. The summed E-state index contributed by atoms with van der Waals surface area (Å²) >= 11 is 3.41. The Hall–Kier alpha value is -0.870. The first-order valence-corrected chi connectivity index (χ1v) is 5.14. The second kappa shape index (κ2) is 2.81. The number of carbonyl (C=O) groups excluding carboxylic acids is 1. The van der Waals surface area contributed by atoms with Gasteiger partial charge in [-0.2, -0.15) is 0 Å². The van der Waals surface area contributed by atoms with Crippen molar-refractivity contribution in [2.24, 2.45) is 5.73 Å². The van der Waals surface area contributed by atoms with Crippen molar-refractivity contribution in [1.82, 2.24) is 0 Å². The zero-order valence-electron chi connectivity index (χ0n) is 8.02. The van der Waals surface area contributed by atoms with E-state index in [2.05, 4.69) is 21.2 Å². The van der Waals surface area contributed by atoms with E-state index in [1.807, 2.05) is 19.1 Å². The van der Waals surface area contributed by atoms with Gasteiger partial charge in [0.05, 0.1) is 5.69 Å². The molecular formula is C10H11BrN2O. The van der Waals surface area contributed by atoms with Gasteiger partial charge in [-0.3, -0.25) is 4.79 Å². The summed E-state index contributed by atoms with van der Waals surface area (Å²) in [5, 5.41) is 2.80. The highest BCUT2D eigenvalue weighted by Gasteiger charge is 2.41. The summed E-state index contributed by atoms with van der Waals surface area (Å²) in [6, 6.07) is 3.87. The summed E-state index contributed by atoms with van der Waals surface area (Å²) in [4.78, 5) is 11.6. The third kappa shape index (κ3) is 1.11. The molecule has 1 atom stereocenters. The van der Waals surface area contributed by atoms with Crippen LogP contribution in [0.15, 0.2) is 16.6 Å². The molecule has 0 aromatic heterocycles. The van der Waals surface area contributed by atoms with Crippen molar-refractivity contribution < 1.29 is 4.79 Å². The molecule has 0 bridgehead atoms. The highest BCUT2D eigenvalue weighted by molar-refractivity contribution is 9.10. The molecule has 0 aliphatic carbocycles. The molecule has 2 rings (SSSR count). The van der Waals surface area contributed by atoms with Gasteiger partial charge in [0.15, 0.2) is 0 Å². The maximum Gasteiger partial charge on any atom is 0.248 e. The van der Waals surface area contributed by atoms with Crippen LogP contribution in [0.4, 0.5) is 5.69 Å². The Balaban J connectivity index is 2.76. The lowest BCUT2D eigenvalue weighted by Crippen LogP contribution is -2.40. The van der Waals surface area contributed by atoms with Crippen LogP contribution in [0.25, 0.3) is 0 Å². The normalized spacial score (nSPS) is 24.7. The van der Waals surface area contributed by atoms with Crippen LogP contribution in [0.5, 0.6) is 0 Å². The van der Waals surface area contributed by atoms with Crippen LogP contribution in [-0.4, -0.2) is 5.91 Å². The van der Waals surface area contributed by atoms with Crippen LogP contribution in [0.2, 0.25) is 0 Å². The number of amides is 1. The van der Waals surface area contributed by atoms with Gasteiger partial charge in [-0.25, -0.2) is 0 Å². The van der Waals surface area contributed by atoms with Gasteiger partial charge in [-0.15, -0.1) is 0 Å². The number of benzene rings is 1. The zero-order valence-corrected chi connectivity index (χ0v) is 9.60. The van der Waals surface area contributed by atoms with Crippen LogP contribution >= 0.6 is 15.9 Å². The number of halogens is 1. The average molecular weight is 255 g/mol. The standard InChI is InChI=1S/C10H11BrN2O/c1-5-3-4-6(11)7-8(5)13-9(14)10(7,2)12/h3-4H,12H2,1-2H3,(H,13,14). The minimum absolute atomic E-state index is 0.150. The Labute approximate surface area is 90.8 Å². The van der Waals surface area contributed by atoms with Gasteiger partial charge < -0.3 is 11.1 Å². The summed E-state index contributed by atoms with van der Waals surface area (Å²) in [7, 11) is 0. The molecule has 1 unspecified atom stereocenters. The lowest BCUT2D eigenvalue weighted by molar-refractivity contribution is -0.120. The highest BCUT2D eigenvalue weighted by atomic mass is 79.9. The third-order valence-corrected chi connectivity index (χ3v) is 3.25. The van der Waals surface area contributed by atoms with E-state index in [1.165, 1.54) is 0 Å². The fourth-order valence-electron chi connectivity index (χ4n) is 1.71. The van der Waals surface area contributed by atoms with Crippen molar-refractivity contribution in [2.45, 2.75) is 19.4 Å². The van der Waals surface area contributed by atoms with Gasteiger partial charge in [0.2, 0.25) is 5.91 Å². The Bertz CT molecular complexity index is 426. The van der Waals surface area contributed by atoms with Gasteiger partial charge >= 0.3 is 0 Å². The number of carbonyl (C=O) groups is 1. The van der Waals surface area contributed by atoms with Crippen LogP contribution < -0.4 is 11.1 Å². The van der Waals surface area contributed by atoms with Crippen molar-refractivity contribution in [3.63, 3.8) is 0 Å². The number of hydrogen-bond acceptors (Lipinski definition) is 2. The first-order valence-electron chi connectivity index (χ1n) is 4.34. The number of anilines is 1. The second-order valence-electron chi connectivity index (χ2n) is 3.77. The van der Waals surface area contributed by atoms with Crippen LogP contribution in [-0.2, 0) is 10.3 Å². The van der Waals surface area contributed by atoms with Gasteiger partial charge in [-0.05, 0) is 25.5 Å². The van der Waals surface area contributed by atoms with E-state index in [0.717, 1.165) is 21.3 Å². The summed E-state index contributed by atoms with van der Waals surface area (Å²) in [6.45, 7) is 3.67. The molecule has 0 saturated heterocycles. The van der Waals surface area contributed by atoms with Crippen molar-refractivity contribution in [3.8, 4) is 0 Å². The number of hydrogen-bond donors (Lipinski definition) is 2. The smallest absolute Gasteiger partial charge is 0.248 e. The molecule has 3 nitrogen and oxygen atoms in total.